The molecule has 9 heteroatoms. The molecule has 0 bridgehead atoms. The first-order chi connectivity index (χ1) is 15.1. The zero-order chi connectivity index (χ0) is 21.8. The molecule has 0 aliphatic carbocycles. The van der Waals surface area contributed by atoms with Crippen LogP contribution in [0.5, 0.6) is 0 Å². The van der Waals surface area contributed by atoms with Crippen molar-refractivity contribution >= 4 is 40.0 Å². The minimum absolute atomic E-state index is 0.109. The van der Waals surface area contributed by atoms with E-state index in [2.05, 4.69) is 20.8 Å². The Labute approximate surface area is 179 Å². The monoisotopic (exact) mass is 420 g/mol. The number of nitrogen functional groups attached to an aromatic ring is 1. The number of hydrogen-bond acceptors (Lipinski definition) is 8. The molecule has 2 aromatic carbocycles. The number of carbonyl (C=O) groups is 2. The van der Waals surface area contributed by atoms with Gasteiger partial charge < -0.3 is 15.4 Å². The average Bonchev–Trinajstić information content (AvgIpc) is 2.82. The van der Waals surface area contributed by atoms with E-state index in [1.54, 1.807) is 6.07 Å². The van der Waals surface area contributed by atoms with Crippen molar-refractivity contribution in [1.29, 1.82) is 0 Å². The number of fused-ring (bicyclic) bond motifs is 1. The van der Waals surface area contributed by atoms with Crippen LogP contribution < -0.4 is 21.5 Å². The predicted octanol–water partition coefficient (Wildman–Crippen LogP) is 2.36. The Hall–Kier alpha value is -3.88. The van der Waals surface area contributed by atoms with Crippen molar-refractivity contribution < 1.29 is 14.3 Å². The zero-order valence-corrected chi connectivity index (χ0v) is 17.2. The quantitative estimate of drug-likeness (QED) is 0.425. The van der Waals surface area contributed by atoms with Crippen LogP contribution in [0.1, 0.15) is 23.2 Å². The summed E-state index contributed by atoms with van der Waals surface area (Å²) < 4.78 is 4.83. The molecule has 31 heavy (non-hydrogen) atoms. The summed E-state index contributed by atoms with van der Waals surface area (Å²) in [6, 6.07) is 13.2. The van der Waals surface area contributed by atoms with Crippen LogP contribution in [0.2, 0.25) is 0 Å². The zero-order valence-electron chi connectivity index (χ0n) is 17.2. The number of rotatable bonds is 5. The fourth-order valence-corrected chi connectivity index (χ4v) is 3.84. The van der Waals surface area contributed by atoms with Crippen molar-refractivity contribution in [2.45, 2.75) is 12.8 Å². The molecule has 1 aromatic heterocycles. The Balaban J connectivity index is 1.45. The van der Waals surface area contributed by atoms with Gasteiger partial charge in [0.2, 0.25) is 0 Å². The summed E-state index contributed by atoms with van der Waals surface area (Å²) in [4.78, 5) is 34.9. The third-order valence-electron chi connectivity index (χ3n) is 5.52. The van der Waals surface area contributed by atoms with Gasteiger partial charge in [-0.05, 0) is 29.7 Å². The van der Waals surface area contributed by atoms with Gasteiger partial charge >= 0.3 is 5.97 Å². The van der Waals surface area contributed by atoms with Crippen LogP contribution in [-0.2, 0) is 9.53 Å². The van der Waals surface area contributed by atoms with Gasteiger partial charge in [-0.15, -0.1) is 0 Å². The molecule has 1 aliphatic heterocycles. The maximum Gasteiger partial charge on any atom is 0.308 e. The fraction of sp³-hybridized carbons (Fsp3) is 0.273. The summed E-state index contributed by atoms with van der Waals surface area (Å²) in [5, 5.41) is 1.84. The topological polar surface area (TPSA) is 122 Å². The molecule has 0 spiro atoms. The molecule has 1 saturated heterocycles. The lowest BCUT2D eigenvalue weighted by molar-refractivity contribution is -0.146. The van der Waals surface area contributed by atoms with Gasteiger partial charge in [0.15, 0.2) is 11.6 Å². The van der Waals surface area contributed by atoms with E-state index in [9.17, 15) is 9.59 Å². The van der Waals surface area contributed by atoms with Gasteiger partial charge in [0.05, 0.1) is 13.0 Å². The van der Waals surface area contributed by atoms with E-state index < -0.39 is 0 Å². The summed E-state index contributed by atoms with van der Waals surface area (Å²) in [6.07, 6.45) is 2.72. The lowest BCUT2D eigenvalue weighted by Crippen LogP contribution is -2.38. The minimum atomic E-state index is -0.296. The number of nitrogens with one attached hydrogen (secondary N) is 2. The van der Waals surface area contributed by atoms with Crippen LogP contribution in [0.3, 0.4) is 0 Å². The molecule has 160 valence electrons. The number of anilines is 3. The van der Waals surface area contributed by atoms with Crippen molar-refractivity contribution in [3.05, 3.63) is 54.4 Å². The Morgan fingerprint density at radius 2 is 1.84 bits per heavy atom. The van der Waals surface area contributed by atoms with Gasteiger partial charge in [0.1, 0.15) is 12.0 Å². The summed E-state index contributed by atoms with van der Waals surface area (Å²) >= 11 is 0. The number of benzene rings is 2. The molecule has 9 nitrogen and oxygen atoms in total. The first-order valence-corrected chi connectivity index (χ1v) is 10.1. The molecule has 1 fully saturated rings. The van der Waals surface area contributed by atoms with Crippen molar-refractivity contribution in [2.75, 3.05) is 36.3 Å². The molecule has 1 amide bonds. The van der Waals surface area contributed by atoms with Gasteiger partial charge in [-0.25, -0.2) is 9.97 Å². The number of nitrogens with two attached hydrogens (primary N) is 1. The predicted molar refractivity (Wildman–Crippen MR) is 118 cm³/mol. The molecule has 0 saturated carbocycles. The molecular weight excluding hydrogens is 396 g/mol. The fourth-order valence-electron chi connectivity index (χ4n) is 3.84. The smallest absolute Gasteiger partial charge is 0.308 e. The number of carbonyl (C=O) groups excluding carboxylic acids is 2. The highest BCUT2D eigenvalue weighted by Gasteiger charge is 2.27. The van der Waals surface area contributed by atoms with Crippen LogP contribution in [0.25, 0.3) is 10.8 Å². The minimum Gasteiger partial charge on any atom is -0.469 e. The summed E-state index contributed by atoms with van der Waals surface area (Å²) in [7, 11) is 1.40. The van der Waals surface area contributed by atoms with Crippen LogP contribution in [0.15, 0.2) is 48.8 Å². The second kappa shape index (κ2) is 8.86. The molecular formula is C22H24N6O3. The van der Waals surface area contributed by atoms with Gasteiger partial charge in [0.25, 0.3) is 5.91 Å². The molecule has 1 aliphatic rings. The molecule has 4 N–H and O–H groups in total. The van der Waals surface area contributed by atoms with Crippen LogP contribution >= 0.6 is 0 Å². The second-order valence-corrected chi connectivity index (χ2v) is 7.35. The number of hydrazine groups is 1. The van der Waals surface area contributed by atoms with Gasteiger partial charge in [-0.3, -0.25) is 20.4 Å². The standard InChI is InChI=1S/C22H24N6O3/c1-31-22(30)15-9-11-28(12-10-15)20-18(23)19(24-13-25-20)26-27-21(29)17-8-4-6-14-5-2-3-7-16(14)17/h2-8,13,15H,9-12,23H2,1H3,(H,27,29)(H,24,25,26). The normalized spacial score (nSPS) is 14.3. The van der Waals surface area contributed by atoms with Gasteiger partial charge in [0, 0.05) is 18.7 Å². The third kappa shape index (κ3) is 4.20. The number of amides is 1. The Morgan fingerprint density at radius 1 is 1.10 bits per heavy atom. The summed E-state index contributed by atoms with van der Waals surface area (Å²) in [5.41, 5.74) is 12.6. The number of nitrogens with zero attached hydrogens (tertiary/aromatic N) is 3. The molecule has 0 unspecified atom stereocenters. The van der Waals surface area contributed by atoms with E-state index >= 15 is 0 Å². The largest absolute Gasteiger partial charge is 0.469 e. The lowest BCUT2D eigenvalue weighted by Gasteiger charge is -2.32. The third-order valence-corrected chi connectivity index (χ3v) is 5.52. The Morgan fingerprint density at radius 3 is 2.61 bits per heavy atom. The number of aromatic nitrogens is 2. The number of piperidine rings is 1. The molecule has 4 rings (SSSR count). The second-order valence-electron chi connectivity index (χ2n) is 7.35. The maximum atomic E-state index is 12.7. The van der Waals surface area contributed by atoms with E-state index in [0.717, 1.165) is 10.8 Å². The highest BCUT2D eigenvalue weighted by atomic mass is 16.5. The lowest BCUT2D eigenvalue weighted by atomic mass is 9.97. The van der Waals surface area contributed by atoms with E-state index in [4.69, 9.17) is 10.5 Å². The van der Waals surface area contributed by atoms with Crippen LogP contribution in [-0.4, -0.2) is 42.0 Å². The average molecular weight is 420 g/mol. The summed E-state index contributed by atoms with van der Waals surface area (Å²) in [5.74, 6) is 0.292. The van der Waals surface area contributed by atoms with Crippen molar-refractivity contribution in [2.24, 2.45) is 5.92 Å². The first kappa shape index (κ1) is 20.4. The van der Waals surface area contributed by atoms with Crippen LogP contribution in [0, 0.1) is 5.92 Å². The SMILES string of the molecule is COC(=O)C1CCN(c2ncnc(NNC(=O)c3cccc4ccccc34)c2N)CC1. The Bertz CT molecular complexity index is 1110. The molecule has 3 aromatic rings. The van der Waals surface area contributed by atoms with Crippen molar-refractivity contribution in [1.82, 2.24) is 15.4 Å². The van der Waals surface area contributed by atoms with E-state index in [1.807, 2.05) is 41.3 Å². The molecule has 2 heterocycles. The van der Waals surface area contributed by atoms with Gasteiger partial charge in [-0.1, -0.05) is 36.4 Å². The highest BCUT2D eigenvalue weighted by molar-refractivity contribution is 6.07. The van der Waals surface area contributed by atoms with E-state index in [1.165, 1.54) is 13.4 Å². The number of hydrogen-bond donors (Lipinski definition) is 3. The van der Waals surface area contributed by atoms with E-state index in [0.29, 0.717) is 48.8 Å². The number of esters is 1. The highest BCUT2D eigenvalue weighted by Crippen LogP contribution is 2.29. The van der Waals surface area contributed by atoms with Gasteiger partial charge in [-0.2, -0.15) is 0 Å². The molecule has 0 atom stereocenters. The van der Waals surface area contributed by atoms with E-state index in [-0.39, 0.29) is 17.8 Å². The van der Waals surface area contributed by atoms with Crippen molar-refractivity contribution in [3.63, 3.8) is 0 Å². The maximum absolute atomic E-state index is 12.7. The summed E-state index contributed by atoms with van der Waals surface area (Å²) in [6.45, 7) is 1.26. The number of methoxy groups -OCH3 is 1. The Kier molecular flexibility index (Phi) is 5.83. The first-order valence-electron chi connectivity index (χ1n) is 10.1. The van der Waals surface area contributed by atoms with Crippen molar-refractivity contribution in [3.8, 4) is 0 Å². The van der Waals surface area contributed by atoms with Crippen LogP contribution in [0.4, 0.5) is 17.3 Å². The molecule has 0 radical (unpaired) electrons. The number of ether oxygens (including phenoxy) is 1.